The molecule has 0 saturated carbocycles. The average molecular weight is 616 g/mol. The lowest BCUT2D eigenvalue weighted by atomic mass is 10.0. The van der Waals surface area contributed by atoms with E-state index in [-0.39, 0.29) is 68.4 Å². The molecule has 2 aromatic carbocycles. The highest BCUT2D eigenvalue weighted by Crippen LogP contribution is 2.32. The molecule has 0 aromatic heterocycles. The Morgan fingerprint density at radius 3 is 1.72 bits per heavy atom. The summed E-state index contributed by atoms with van der Waals surface area (Å²) >= 11 is 25.0. The Morgan fingerprint density at radius 2 is 1.36 bits per heavy atom. The van der Waals surface area contributed by atoms with E-state index in [1.807, 2.05) is 0 Å². The lowest BCUT2D eigenvalue weighted by molar-refractivity contribution is -0.140. The lowest BCUT2D eigenvalue weighted by Gasteiger charge is -2.39. The molecule has 1 aliphatic heterocycles. The van der Waals surface area contributed by atoms with E-state index in [1.165, 1.54) is 43.7 Å². The van der Waals surface area contributed by atoms with Crippen LogP contribution in [0.15, 0.2) is 60.3 Å². The number of esters is 1. The summed E-state index contributed by atoms with van der Waals surface area (Å²) < 4.78 is 4.64. The number of nitrogens with zero attached hydrogens (tertiary/aromatic N) is 1. The van der Waals surface area contributed by atoms with E-state index in [2.05, 4.69) is 10.1 Å². The van der Waals surface area contributed by atoms with Gasteiger partial charge in [-0.2, -0.15) is 0 Å². The Hall–Kier alpha value is -1.97. The van der Waals surface area contributed by atoms with Crippen LogP contribution in [0.25, 0.3) is 0 Å². The molecule has 0 aliphatic carbocycles. The molecule has 0 saturated heterocycles. The second-order valence-electron chi connectivity index (χ2n) is 7.24. The molecule has 0 unspecified atom stereocenters. The fraction of sp³-hybridized carbons (Fsp3) is 0.174. The van der Waals surface area contributed by atoms with Crippen LogP contribution in [0.2, 0.25) is 20.1 Å². The number of allylic oxidation sites excluding steroid dienone is 2. The zero-order chi connectivity index (χ0) is 25.0. The van der Waals surface area contributed by atoms with Gasteiger partial charge in [0, 0.05) is 12.6 Å². The van der Waals surface area contributed by atoms with Crippen LogP contribution in [0.4, 0.5) is 0 Å². The SMILES string of the molecule is COC(=O)CCC1=CN[C@](N)(N(C(=O)c2c(Cl)cccc2Cl)C(=O)c2c(Cl)cccc2Cl)C=C1.Cl.Cl. The van der Waals surface area contributed by atoms with Gasteiger partial charge < -0.3 is 10.1 Å². The van der Waals surface area contributed by atoms with Gasteiger partial charge in [0.2, 0.25) is 0 Å². The molecule has 7 nitrogen and oxygen atoms in total. The number of carbonyl (C=O) groups is 3. The van der Waals surface area contributed by atoms with Gasteiger partial charge in [0.05, 0.1) is 38.3 Å². The minimum atomic E-state index is -1.84. The zero-order valence-electron chi connectivity index (χ0n) is 18.6. The highest BCUT2D eigenvalue weighted by atomic mass is 35.5. The predicted octanol–water partition coefficient (Wildman–Crippen LogP) is 6.04. The number of nitrogens with two attached hydrogens (primary N) is 1. The maximum Gasteiger partial charge on any atom is 0.305 e. The molecule has 1 atom stereocenters. The van der Waals surface area contributed by atoms with Crippen molar-refractivity contribution in [3.05, 3.63) is 91.5 Å². The third-order valence-corrected chi connectivity index (χ3v) is 6.28. The molecule has 1 heterocycles. The van der Waals surface area contributed by atoms with Crippen molar-refractivity contribution in [3.8, 4) is 0 Å². The minimum Gasteiger partial charge on any atom is -0.469 e. The molecule has 0 fully saturated rings. The van der Waals surface area contributed by atoms with Crippen molar-refractivity contribution in [1.29, 1.82) is 0 Å². The largest absolute Gasteiger partial charge is 0.469 e. The Balaban J connectivity index is 0.00000324. The summed E-state index contributed by atoms with van der Waals surface area (Å²) in [6.45, 7) is 0. The number of methoxy groups -OCH3 is 1. The van der Waals surface area contributed by atoms with E-state index in [1.54, 1.807) is 18.2 Å². The molecule has 36 heavy (non-hydrogen) atoms. The van der Waals surface area contributed by atoms with Crippen LogP contribution < -0.4 is 11.1 Å². The average Bonchev–Trinajstić information content (AvgIpc) is 2.78. The first kappa shape index (κ1) is 32.1. The number of carbonyl (C=O) groups excluding carboxylic acids is 3. The third-order valence-electron chi connectivity index (χ3n) is 5.02. The number of halogens is 6. The van der Waals surface area contributed by atoms with Crippen LogP contribution in [-0.4, -0.2) is 35.6 Å². The third kappa shape index (κ3) is 6.86. The van der Waals surface area contributed by atoms with E-state index in [4.69, 9.17) is 52.1 Å². The summed E-state index contributed by atoms with van der Waals surface area (Å²) in [5, 5.41) is 2.96. The van der Waals surface area contributed by atoms with Crippen LogP contribution in [0.3, 0.4) is 0 Å². The lowest BCUT2D eigenvalue weighted by Crippen LogP contribution is -2.67. The molecule has 0 spiro atoms. The topological polar surface area (TPSA) is 102 Å². The minimum absolute atomic E-state index is 0. The number of hydrogen-bond donors (Lipinski definition) is 2. The maximum atomic E-state index is 13.7. The summed E-state index contributed by atoms with van der Waals surface area (Å²) in [7, 11) is 1.30. The maximum absolute atomic E-state index is 13.7. The van der Waals surface area contributed by atoms with Crippen molar-refractivity contribution < 1.29 is 19.1 Å². The van der Waals surface area contributed by atoms with Crippen molar-refractivity contribution in [2.45, 2.75) is 18.6 Å². The number of benzene rings is 2. The Bertz CT molecular complexity index is 1120. The second kappa shape index (κ2) is 13.5. The molecule has 13 heteroatoms. The summed E-state index contributed by atoms with van der Waals surface area (Å²) in [5.74, 6) is -3.97. The van der Waals surface area contributed by atoms with E-state index in [0.29, 0.717) is 12.0 Å². The number of amides is 2. The van der Waals surface area contributed by atoms with E-state index in [0.717, 1.165) is 4.90 Å². The fourth-order valence-electron chi connectivity index (χ4n) is 3.24. The second-order valence-corrected chi connectivity index (χ2v) is 8.87. The Morgan fingerprint density at radius 1 is 0.917 bits per heavy atom. The van der Waals surface area contributed by atoms with Crippen molar-refractivity contribution in [1.82, 2.24) is 10.2 Å². The van der Waals surface area contributed by atoms with Crippen molar-refractivity contribution >= 4 is 89.0 Å². The van der Waals surface area contributed by atoms with Crippen molar-refractivity contribution in [2.24, 2.45) is 5.73 Å². The summed E-state index contributed by atoms with van der Waals surface area (Å²) in [6, 6.07) is 8.97. The molecule has 3 N–H and O–H groups in total. The molecule has 2 aromatic rings. The zero-order valence-corrected chi connectivity index (χ0v) is 23.3. The van der Waals surface area contributed by atoms with E-state index in [9.17, 15) is 14.4 Å². The Labute approximate surface area is 240 Å². The van der Waals surface area contributed by atoms with Gasteiger partial charge in [0.15, 0.2) is 5.79 Å². The number of rotatable bonds is 6. The highest BCUT2D eigenvalue weighted by molar-refractivity contribution is 6.42. The van der Waals surface area contributed by atoms with Crippen molar-refractivity contribution in [2.75, 3.05) is 7.11 Å². The standard InChI is InChI=1S/C23H19Cl4N3O4.2ClH/c1-34-18(31)9-8-13-10-11-23(28,29-12-13)30(21(32)19-14(24)4-2-5-15(19)25)22(33)20-16(26)6-3-7-17(20)27;;/h2-7,10-12,29H,8-9,28H2,1H3;2*1H/t23-;;/m0../s1. The van der Waals surface area contributed by atoms with Crippen LogP contribution >= 0.6 is 71.2 Å². The Kier molecular flexibility index (Phi) is 12.1. The van der Waals surface area contributed by atoms with Crippen LogP contribution in [0.1, 0.15) is 33.6 Å². The number of ether oxygens (including phenoxy) is 1. The molecule has 1 aliphatic rings. The number of imide groups is 1. The first-order valence-electron chi connectivity index (χ1n) is 9.87. The van der Waals surface area contributed by atoms with Crippen LogP contribution in [-0.2, 0) is 9.53 Å². The number of hydrogen-bond acceptors (Lipinski definition) is 6. The molecule has 3 rings (SSSR count). The monoisotopic (exact) mass is 613 g/mol. The molecular weight excluding hydrogens is 595 g/mol. The van der Waals surface area contributed by atoms with E-state index >= 15 is 0 Å². The first-order chi connectivity index (χ1) is 16.1. The van der Waals surface area contributed by atoms with E-state index < -0.39 is 17.6 Å². The normalized spacial score (nSPS) is 16.0. The molecule has 0 radical (unpaired) electrons. The fourth-order valence-corrected chi connectivity index (χ4v) is 4.36. The van der Waals surface area contributed by atoms with Gasteiger partial charge in [-0.3, -0.25) is 20.1 Å². The molecule has 2 amide bonds. The summed E-state index contributed by atoms with van der Waals surface area (Å²) in [6.07, 6.45) is 4.98. The summed E-state index contributed by atoms with van der Waals surface area (Å²) in [5.41, 5.74) is 6.95. The highest BCUT2D eigenvalue weighted by Gasteiger charge is 2.42. The molecule has 194 valence electrons. The van der Waals surface area contributed by atoms with Crippen molar-refractivity contribution in [3.63, 3.8) is 0 Å². The molecular formula is C23H21Cl6N3O4. The quantitative estimate of drug-likeness (QED) is 0.234. The van der Waals surface area contributed by atoms with Gasteiger partial charge in [0.1, 0.15) is 0 Å². The number of nitrogens with one attached hydrogen (secondary N) is 1. The first-order valence-corrected chi connectivity index (χ1v) is 11.4. The van der Waals surface area contributed by atoms with Gasteiger partial charge in [-0.05, 0) is 42.3 Å². The van der Waals surface area contributed by atoms with Gasteiger partial charge >= 0.3 is 5.97 Å². The molecule has 0 bridgehead atoms. The van der Waals surface area contributed by atoms with Gasteiger partial charge in [-0.25, -0.2) is 4.90 Å². The van der Waals surface area contributed by atoms with Gasteiger partial charge in [-0.15, -0.1) is 24.8 Å². The predicted molar refractivity (Wildman–Crippen MR) is 146 cm³/mol. The van der Waals surface area contributed by atoms with Crippen LogP contribution in [0, 0.1) is 0 Å². The smallest absolute Gasteiger partial charge is 0.305 e. The summed E-state index contributed by atoms with van der Waals surface area (Å²) in [4.78, 5) is 39.5. The number of dihydropyridines is 1. The van der Waals surface area contributed by atoms with Crippen LogP contribution in [0.5, 0.6) is 0 Å². The van der Waals surface area contributed by atoms with Gasteiger partial charge in [-0.1, -0.05) is 64.6 Å². The van der Waals surface area contributed by atoms with Gasteiger partial charge in [0.25, 0.3) is 11.8 Å².